The Kier molecular flexibility index (Phi) is 5.18. The number of rotatable bonds is 4. The highest BCUT2D eigenvalue weighted by atomic mass is 32.2. The molecular formula is C15H21FN2O3S. The number of hydrogen-bond donors (Lipinski definition) is 1. The molecule has 122 valence electrons. The van der Waals surface area contributed by atoms with Gasteiger partial charge in [0.2, 0.25) is 15.9 Å². The summed E-state index contributed by atoms with van der Waals surface area (Å²) < 4.78 is 39.8. The van der Waals surface area contributed by atoms with Crippen molar-refractivity contribution in [3.05, 3.63) is 29.6 Å². The number of nitrogens with one attached hydrogen (secondary N) is 1. The maximum Gasteiger partial charge on any atom is 0.243 e. The van der Waals surface area contributed by atoms with Crippen molar-refractivity contribution in [2.24, 2.45) is 0 Å². The Morgan fingerprint density at radius 2 is 2.00 bits per heavy atom. The Hall–Kier alpha value is -1.47. The molecule has 1 fully saturated rings. The minimum absolute atomic E-state index is 0.0181. The smallest absolute Gasteiger partial charge is 0.243 e. The van der Waals surface area contributed by atoms with Crippen LogP contribution in [0.25, 0.3) is 0 Å². The van der Waals surface area contributed by atoms with Gasteiger partial charge in [0.1, 0.15) is 5.82 Å². The highest BCUT2D eigenvalue weighted by Gasteiger charge is 2.30. The van der Waals surface area contributed by atoms with Crippen molar-refractivity contribution in [3.63, 3.8) is 0 Å². The summed E-state index contributed by atoms with van der Waals surface area (Å²) in [6, 6.07) is 3.85. The zero-order valence-electron chi connectivity index (χ0n) is 12.8. The van der Waals surface area contributed by atoms with E-state index in [0.29, 0.717) is 37.9 Å². The van der Waals surface area contributed by atoms with Crippen molar-refractivity contribution in [3.8, 4) is 0 Å². The number of piperidine rings is 1. The molecule has 0 radical (unpaired) electrons. The van der Waals surface area contributed by atoms with Crippen LogP contribution in [0, 0.1) is 12.7 Å². The van der Waals surface area contributed by atoms with Crippen molar-refractivity contribution in [2.45, 2.75) is 44.0 Å². The zero-order valence-corrected chi connectivity index (χ0v) is 13.6. The quantitative estimate of drug-likeness (QED) is 0.917. The van der Waals surface area contributed by atoms with E-state index in [1.807, 2.05) is 0 Å². The number of nitrogens with zero attached hydrogens (tertiary/aromatic N) is 1. The van der Waals surface area contributed by atoms with Crippen LogP contribution in [0.3, 0.4) is 0 Å². The van der Waals surface area contributed by atoms with Crippen LogP contribution in [0.4, 0.5) is 4.39 Å². The van der Waals surface area contributed by atoms with E-state index in [0.717, 1.165) is 0 Å². The van der Waals surface area contributed by atoms with Crippen LogP contribution in [-0.2, 0) is 14.8 Å². The van der Waals surface area contributed by atoms with E-state index in [-0.39, 0.29) is 16.8 Å². The number of aryl methyl sites for hydroxylation is 1. The first-order valence-electron chi connectivity index (χ1n) is 7.40. The van der Waals surface area contributed by atoms with E-state index in [2.05, 4.69) is 5.32 Å². The van der Waals surface area contributed by atoms with Crippen LogP contribution in [0.5, 0.6) is 0 Å². The highest BCUT2D eigenvalue weighted by molar-refractivity contribution is 7.89. The second kappa shape index (κ2) is 6.75. The van der Waals surface area contributed by atoms with Gasteiger partial charge >= 0.3 is 0 Å². The molecule has 22 heavy (non-hydrogen) atoms. The third kappa shape index (κ3) is 3.64. The Labute approximate surface area is 130 Å². The maximum atomic E-state index is 13.3. The monoisotopic (exact) mass is 328 g/mol. The van der Waals surface area contributed by atoms with Crippen molar-refractivity contribution >= 4 is 15.9 Å². The van der Waals surface area contributed by atoms with Gasteiger partial charge in [0, 0.05) is 25.6 Å². The topological polar surface area (TPSA) is 66.5 Å². The predicted molar refractivity (Wildman–Crippen MR) is 81.4 cm³/mol. The Bertz CT molecular complexity index is 653. The number of carbonyl (C=O) groups is 1. The van der Waals surface area contributed by atoms with Crippen LogP contribution < -0.4 is 5.32 Å². The molecule has 0 aromatic heterocycles. The van der Waals surface area contributed by atoms with E-state index in [4.69, 9.17) is 0 Å². The minimum atomic E-state index is -3.60. The van der Waals surface area contributed by atoms with Gasteiger partial charge in [-0.1, -0.05) is 6.92 Å². The zero-order chi connectivity index (χ0) is 16.3. The fourth-order valence-electron chi connectivity index (χ4n) is 2.50. The molecule has 1 amide bonds. The van der Waals surface area contributed by atoms with Crippen molar-refractivity contribution in [2.75, 3.05) is 13.1 Å². The summed E-state index contributed by atoms with van der Waals surface area (Å²) >= 11 is 0. The maximum absolute atomic E-state index is 13.3. The first kappa shape index (κ1) is 16.9. The number of sulfonamides is 1. The van der Waals surface area contributed by atoms with E-state index in [1.165, 1.54) is 22.5 Å². The molecule has 1 N–H and O–H groups in total. The molecule has 0 spiro atoms. The normalized spacial score (nSPS) is 17.4. The lowest BCUT2D eigenvalue weighted by atomic mass is 10.1. The van der Waals surface area contributed by atoms with Gasteiger partial charge in [-0.25, -0.2) is 12.8 Å². The van der Waals surface area contributed by atoms with Gasteiger partial charge < -0.3 is 5.32 Å². The van der Waals surface area contributed by atoms with Crippen LogP contribution in [0.1, 0.15) is 31.7 Å². The number of benzene rings is 1. The molecular weight excluding hydrogens is 307 g/mol. The molecule has 1 aromatic carbocycles. The van der Waals surface area contributed by atoms with Crippen LogP contribution in [-0.4, -0.2) is 37.8 Å². The molecule has 1 aliphatic heterocycles. The predicted octanol–water partition coefficient (Wildman–Crippen LogP) is 1.81. The largest absolute Gasteiger partial charge is 0.353 e. The first-order chi connectivity index (χ1) is 10.3. The second-order valence-corrected chi connectivity index (χ2v) is 7.45. The average molecular weight is 328 g/mol. The Morgan fingerprint density at radius 1 is 1.36 bits per heavy atom. The lowest BCUT2D eigenvalue weighted by Gasteiger charge is -2.31. The van der Waals surface area contributed by atoms with Crippen LogP contribution >= 0.6 is 0 Å². The fraction of sp³-hybridized carbons (Fsp3) is 0.533. The third-order valence-corrected chi connectivity index (χ3v) is 5.80. The molecule has 1 saturated heterocycles. The highest BCUT2D eigenvalue weighted by Crippen LogP contribution is 2.22. The van der Waals surface area contributed by atoms with Gasteiger partial charge in [-0.2, -0.15) is 4.31 Å². The lowest BCUT2D eigenvalue weighted by Crippen LogP contribution is -2.46. The first-order valence-corrected chi connectivity index (χ1v) is 8.84. The molecule has 0 saturated carbocycles. The summed E-state index contributed by atoms with van der Waals surface area (Å²) in [6.45, 7) is 4.04. The van der Waals surface area contributed by atoms with Crippen molar-refractivity contribution < 1.29 is 17.6 Å². The molecule has 0 unspecified atom stereocenters. The molecule has 1 aliphatic rings. The molecule has 2 rings (SSSR count). The van der Waals surface area contributed by atoms with Gasteiger partial charge in [0.05, 0.1) is 4.90 Å². The minimum Gasteiger partial charge on any atom is -0.353 e. The number of carbonyl (C=O) groups excluding carboxylic acids is 1. The second-order valence-electron chi connectivity index (χ2n) is 5.51. The Balaban J connectivity index is 2.06. The van der Waals surface area contributed by atoms with Gasteiger partial charge in [0.25, 0.3) is 0 Å². The van der Waals surface area contributed by atoms with Gasteiger partial charge in [0.15, 0.2) is 0 Å². The van der Waals surface area contributed by atoms with Crippen molar-refractivity contribution in [1.82, 2.24) is 9.62 Å². The summed E-state index contributed by atoms with van der Waals surface area (Å²) in [5.74, 6) is -0.435. The Morgan fingerprint density at radius 3 is 2.55 bits per heavy atom. The van der Waals surface area contributed by atoms with Gasteiger partial charge in [-0.3, -0.25) is 4.79 Å². The third-order valence-electron chi connectivity index (χ3n) is 3.91. The van der Waals surface area contributed by atoms with Gasteiger partial charge in [-0.05, 0) is 43.5 Å². The molecule has 0 atom stereocenters. The molecule has 1 aromatic rings. The van der Waals surface area contributed by atoms with Gasteiger partial charge in [-0.15, -0.1) is 0 Å². The van der Waals surface area contributed by atoms with Crippen molar-refractivity contribution in [1.29, 1.82) is 0 Å². The fourth-order valence-corrected chi connectivity index (χ4v) is 4.05. The molecule has 0 aliphatic carbocycles. The summed E-state index contributed by atoms with van der Waals surface area (Å²) in [5, 5.41) is 2.89. The van der Waals surface area contributed by atoms with E-state index < -0.39 is 15.8 Å². The van der Waals surface area contributed by atoms with E-state index >= 15 is 0 Å². The summed E-state index contributed by atoms with van der Waals surface area (Å²) in [4.78, 5) is 11.5. The average Bonchev–Trinajstić information content (AvgIpc) is 2.50. The molecule has 5 nitrogen and oxygen atoms in total. The SMILES string of the molecule is CCC(=O)NC1CCN(S(=O)(=O)c2ccc(F)c(C)c2)CC1. The number of halogens is 1. The number of hydrogen-bond acceptors (Lipinski definition) is 3. The molecule has 7 heteroatoms. The molecule has 0 bridgehead atoms. The van der Waals surface area contributed by atoms with Crippen LogP contribution in [0.2, 0.25) is 0 Å². The number of amides is 1. The van der Waals surface area contributed by atoms with E-state index in [9.17, 15) is 17.6 Å². The van der Waals surface area contributed by atoms with E-state index in [1.54, 1.807) is 13.8 Å². The lowest BCUT2D eigenvalue weighted by molar-refractivity contribution is -0.121. The molecule has 1 heterocycles. The summed E-state index contributed by atoms with van der Waals surface area (Å²) in [5.41, 5.74) is 0.311. The standard InChI is InChI=1S/C15H21FN2O3S/c1-3-15(19)17-12-6-8-18(9-7-12)22(20,21)13-4-5-14(16)11(2)10-13/h4-5,10,12H,3,6-9H2,1-2H3,(H,17,19). The van der Waals surface area contributed by atoms with Crippen LogP contribution in [0.15, 0.2) is 23.1 Å². The summed E-state index contributed by atoms with van der Waals surface area (Å²) in [6.07, 6.45) is 1.60. The summed E-state index contributed by atoms with van der Waals surface area (Å²) in [7, 11) is -3.60.